The number of hydrogen-bond acceptors (Lipinski definition) is 3. The monoisotopic (exact) mass is 410 g/mol. The molecule has 4 heterocycles. The van der Waals surface area contributed by atoms with Gasteiger partial charge in [0, 0.05) is 37.6 Å². The average Bonchev–Trinajstić information content (AvgIpc) is 3.15. The summed E-state index contributed by atoms with van der Waals surface area (Å²) in [5, 5.41) is 0. The highest BCUT2D eigenvalue weighted by molar-refractivity contribution is 5.76. The standard InChI is InChI=1S/C24H31FN4O/c1-17-26-8-10-27(17)16-24(30)28-14-19-13-20(15-28)23(29-9-3-2-7-22(19)29)12-18-5-4-6-21(25)11-18/h4-6,8,10-11,19-20,22-23H,2-3,7,9,12-16H2,1H3/t19-,20+,22+,23+/m1/s1. The zero-order valence-electron chi connectivity index (χ0n) is 17.7. The number of piperidine rings is 3. The van der Waals surface area contributed by atoms with Gasteiger partial charge in [0.1, 0.15) is 18.2 Å². The second-order valence-corrected chi connectivity index (χ2v) is 9.36. The Labute approximate surface area is 177 Å². The van der Waals surface area contributed by atoms with Crippen LogP contribution in [0.4, 0.5) is 4.39 Å². The van der Waals surface area contributed by atoms with E-state index in [0.717, 1.165) is 37.4 Å². The van der Waals surface area contributed by atoms with Crippen LogP contribution >= 0.6 is 0 Å². The molecule has 3 aliphatic heterocycles. The molecule has 0 radical (unpaired) electrons. The first-order valence-electron chi connectivity index (χ1n) is 11.3. The highest BCUT2D eigenvalue weighted by Crippen LogP contribution is 2.42. The molecule has 0 spiro atoms. The summed E-state index contributed by atoms with van der Waals surface area (Å²) < 4.78 is 15.7. The molecular weight excluding hydrogens is 379 g/mol. The second-order valence-electron chi connectivity index (χ2n) is 9.36. The largest absolute Gasteiger partial charge is 0.340 e. The van der Waals surface area contributed by atoms with Crippen LogP contribution in [0.25, 0.3) is 0 Å². The van der Waals surface area contributed by atoms with Gasteiger partial charge in [-0.3, -0.25) is 9.69 Å². The number of amides is 1. The Morgan fingerprint density at radius 1 is 1.23 bits per heavy atom. The minimum atomic E-state index is -0.160. The fourth-order valence-corrected chi connectivity index (χ4v) is 6.11. The Kier molecular flexibility index (Phi) is 5.35. The van der Waals surface area contributed by atoms with E-state index < -0.39 is 0 Å². The maximum Gasteiger partial charge on any atom is 0.242 e. The van der Waals surface area contributed by atoms with E-state index in [4.69, 9.17) is 0 Å². The summed E-state index contributed by atoms with van der Waals surface area (Å²) in [6.07, 6.45) is 9.44. The number of likely N-dealkylation sites (tertiary alicyclic amines) is 1. The van der Waals surface area contributed by atoms with E-state index in [1.165, 1.54) is 31.7 Å². The number of aryl methyl sites for hydroxylation is 1. The predicted molar refractivity (Wildman–Crippen MR) is 113 cm³/mol. The fourth-order valence-electron chi connectivity index (χ4n) is 6.11. The molecule has 1 amide bonds. The van der Waals surface area contributed by atoms with Crippen molar-refractivity contribution in [2.24, 2.45) is 11.8 Å². The Bertz CT molecular complexity index is 912. The van der Waals surface area contributed by atoms with Crippen molar-refractivity contribution in [3.05, 3.63) is 53.9 Å². The number of hydrogen-bond donors (Lipinski definition) is 0. The van der Waals surface area contributed by atoms with E-state index >= 15 is 0 Å². The van der Waals surface area contributed by atoms with Gasteiger partial charge in [-0.15, -0.1) is 0 Å². The molecule has 160 valence electrons. The topological polar surface area (TPSA) is 41.4 Å². The highest BCUT2D eigenvalue weighted by Gasteiger charge is 2.47. The molecule has 2 bridgehead atoms. The number of nitrogens with zero attached hydrogens (tertiary/aromatic N) is 4. The summed E-state index contributed by atoms with van der Waals surface area (Å²) in [6, 6.07) is 8.00. The van der Waals surface area contributed by atoms with Crippen LogP contribution in [0.15, 0.2) is 36.7 Å². The molecule has 0 aliphatic carbocycles. The van der Waals surface area contributed by atoms with Crippen LogP contribution < -0.4 is 0 Å². The normalized spacial score (nSPS) is 28.9. The van der Waals surface area contributed by atoms with Crippen LogP contribution in [0.3, 0.4) is 0 Å². The molecule has 2 aromatic rings. The molecule has 3 fully saturated rings. The fraction of sp³-hybridized carbons (Fsp3) is 0.583. The van der Waals surface area contributed by atoms with Gasteiger partial charge in [-0.1, -0.05) is 18.6 Å². The maximum atomic E-state index is 13.8. The third-order valence-corrected chi connectivity index (χ3v) is 7.54. The van der Waals surface area contributed by atoms with Gasteiger partial charge in [0.2, 0.25) is 5.91 Å². The van der Waals surface area contributed by atoms with E-state index in [1.54, 1.807) is 12.3 Å². The predicted octanol–water partition coefficient (Wildman–Crippen LogP) is 3.27. The molecule has 0 N–H and O–H groups in total. The van der Waals surface area contributed by atoms with Crippen molar-refractivity contribution in [3.8, 4) is 0 Å². The van der Waals surface area contributed by atoms with Gasteiger partial charge in [0.15, 0.2) is 0 Å². The SMILES string of the molecule is Cc1nccn1CC(=O)N1C[C@H]2C[C@@H](C1)[C@H](Cc1cccc(F)c1)N1CCCC[C@@H]21. The van der Waals surface area contributed by atoms with Crippen LogP contribution in [0.5, 0.6) is 0 Å². The first-order chi connectivity index (χ1) is 14.6. The first kappa shape index (κ1) is 19.7. The lowest BCUT2D eigenvalue weighted by atomic mass is 9.71. The summed E-state index contributed by atoms with van der Waals surface area (Å²) in [5.74, 6) is 1.92. The van der Waals surface area contributed by atoms with E-state index in [1.807, 2.05) is 29.8 Å². The molecular formula is C24H31FN4O. The van der Waals surface area contributed by atoms with E-state index in [9.17, 15) is 9.18 Å². The summed E-state index contributed by atoms with van der Waals surface area (Å²) in [7, 11) is 0. The molecule has 0 unspecified atom stereocenters. The lowest BCUT2D eigenvalue weighted by molar-refractivity contribution is -0.141. The average molecular weight is 411 g/mol. The zero-order valence-corrected chi connectivity index (χ0v) is 17.7. The van der Waals surface area contributed by atoms with Crippen LogP contribution in [0.1, 0.15) is 37.1 Å². The van der Waals surface area contributed by atoms with E-state index in [0.29, 0.717) is 30.5 Å². The van der Waals surface area contributed by atoms with Gasteiger partial charge in [-0.05, 0) is 68.7 Å². The molecule has 6 heteroatoms. The summed E-state index contributed by atoms with van der Waals surface area (Å²) in [5.41, 5.74) is 1.07. The minimum absolute atomic E-state index is 0.160. The van der Waals surface area contributed by atoms with Gasteiger partial charge >= 0.3 is 0 Å². The van der Waals surface area contributed by atoms with Gasteiger partial charge in [0.05, 0.1) is 0 Å². The maximum absolute atomic E-state index is 13.8. The van der Waals surface area contributed by atoms with Crippen molar-refractivity contribution < 1.29 is 9.18 Å². The molecule has 5 rings (SSSR count). The molecule has 3 aliphatic rings. The van der Waals surface area contributed by atoms with Crippen LogP contribution in [0, 0.1) is 24.6 Å². The summed E-state index contributed by atoms with van der Waals surface area (Å²) in [6.45, 7) is 5.13. The van der Waals surface area contributed by atoms with Gasteiger partial charge < -0.3 is 9.47 Å². The summed E-state index contributed by atoms with van der Waals surface area (Å²) in [4.78, 5) is 22.2. The molecule has 1 aromatic carbocycles. The number of benzene rings is 1. The van der Waals surface area contributed by atoms with E-state index in [2.05, 4.69) is 14.8 Å². The lowest BCUT2D eigenvalue weighted by Gasteiger charge is -2.57. The highest BCUT2D eigenvalue weighted by atomic mass is 19.1. The van der Waals surface area contributed by atoms with Crippen molar-refractivity contribution in [1.29, 1.82) is 0 Å². The third kappa shape index (κ3) is 3.78. The minimum Gasteiger partial charge on any atom is -0.340 e. The van der Waals surface area contributed by atoms with E-state index in [-0.39, 0.29) is 11.7 Å². The number of imidazole rings is 1. The number of aromatic nitrogens is 2. The number of rotatable bonds is 4. The Balaban J connectivity index is 1.37. The van der Waals surface area contributed by atoms with Crippen molar-refractivity contribution in [2.75, 3.05) is 19.6 Å². The van der Waals surface area contributed by atoms with Crippen LogP contribution in [-0.4, -0.2) is 57.0 Å². The number of carbonyl (C=O) groups is 1. The lowest BCUT2D eigenvalue weighted by Crippen LogP contribution is -2.64. The van der Waals surface area contributed by atoms with Crippen LogP contribution in [-0.2, 0) is 17.8 Å². The van der Waals surface area contributed by atoms with Gasteiger partial charge in [-0.2, -0.15) is 0 Å². The number of halogens is 1. The summed E-state index contributed by atoms with van der Waals surface area (Å²) >= 11 is 0. The Hall–Kier alpha value is -2.21. The molecule has 3 saturated heterocycles. The van der Waals surface area contributed by atoms with Crippen molar-refractivity contribution in [1.82, 2.24) is 19.4 Å². The number of fused-ring (bicyclic) bond motifs is 4. The molecule has 30 heavy (non-hydrogen) atoms. The van der Waals surface area contributed by atoms with Crippen LogP contribution in [0.2, 0.25) is 0 Å². The van der Waals surface area contributed by atoms with Gasteiger partial charge in [-0.25, -0.2) is 9.37 Å². The molecule has 1 aromatic heterocycles. The molecule has 0 saturated carbocycles. The van der Waals surface area contributed by atoms with Crippen molar-refractivity contribution in [3.63, 3.8) is 0 Å². The smallest absolute Gasteiger partial charge is 0.242 e. The Morgan fingerprint density at radius 3 is 2.90 bits per heavy atom. The quantitative estimate of drug-likeness (QED) is 0.777. The van der Waals surface area contributed by atoms with Gasteiger partial charge in [0.25, 0.3) is 0 Å². The Morgan fingerprint density at radius 2 is 2.10 bits per heavy atom. The van der Waals surface area contributed by atoms with Crippen molar-refractivity contribution in [2.45, 2.75) is 57.7 Å². The molecule has 4 atom stereocenters. The zero-order chi connectivity index (χ0) is 20.7. The number of carbonyl (C=O) groups excluding carboxylic acids is 1. The third-order valence-electron chi connectivity index (χ3n) is 7.54. The molecule has 5 nitrogen and oxygen atoms in total. The second kappa shape index (κ2) is 8.14. The first-order valence-corrected chi connectivity index (χ1v) is 11.3. The van der Waals surface area contributed by atoms with Crippen molar-refractivity contribution >= 4 is 5.91 Å².